The number of hydrogen-bond donors (Lipinski definition) is 0. The fraction of sp³-hybridized carbons (Fsp3) is 0.400. The molecule has 0 amide bonds. The molecule has 1 aliphatic rings. The zero-order chi connectivity index (χ0) is 14.2. The second kappa shape index (κ2) is 5.29. The predicted molar refractivity (Wildman–Crippen MR) is 82.5 cm³/mol. The Morgan fingerprint density at radius 1 is 1.43 bits per heavy atom. The Labute approximate surface area is 127 Å². The van der Waals surface area contributed by atoms with Crippen molar-refractivity contribution in [3.8, 4) is 0 Å². The average Bonchev–Trinajstić information content (AvgIpc) is 3.15. The van der Waals surface area contributed by atoms with E-state index in [1.807, 2.05) is 0 Å². The lowest BCUT2D eigenvalue weighted by atomic mass is 10.1. The summed E-state index contributed by atoms with van der Waals surface area (Å²) in [5, 5.41) is 2.06. The lowest BCUT2D eigenvalue weighted by molar-refractivity contribution is -0.0156. The maximum absolute atomic E-state index is 5.69. The van der Waals surface area contributed by atoms with Crippen LogP contribution in [0, 0.1) is 0 Å². The van der Waals surface area contributed by atoms with Gasteiger partial charge in [0.2, 0.25) is 0 Å². The number of thiazole rings is 1. The number of fused-ring (bicyclic) bond motifs is 1. The zero-order valence-electron chi connectivity index (χ0n) is 12.0. The summed E-state index contributed by atoms with van der Waals surface area (Å²) in [6.45, 7) is 3.36. The average molecular weight is 302 g/mol. The molecule has 0 spiro atoms. The molecule has 0 aromatic carbocycles. The number of aromatic nitrogens is 3. The number of rotatable bonds is 3. The number of ether oxygens (including phenoxy) is 1. The molecule has 0 unspecified atom stereocenters. The highest BCUT2D eigenvalue weighted by Crippen LogP contribution is 2.26. The van der Waals surface area contributed by atoms with Crippen molar-refractivity contribution in [2.75, 3.05) is 19.8 Å². The molecule has 4 rings (SSSR count). The predicted octanol–water partition coefficient (Wildman–Crippen LogP) is 2.31. The van der Waals surface area contributed by atoms with Crippen LogP contribution in [0.2, 0.25) is 0 Å². The summed E-state index contributed by atoms with van der Waals surface area (Å²) >= 11 is 1.68. The smallest absolute Gasteiger partial charge is 0.193 e. The fourth-order valence-corrected chi connectivity index (χ4v) is 3.70. The Kier molecular flexibility index (Phi) is 3.29. The molecule has 3 aromatic rings. The highest BCUT2D eigenvalue weighted by Gasteiger charge is 2.26. The normalized spacial score (nSPS) is 20.3. The van der Waals surface area contributed by atoms with Gasteiger partial charge in [-0.05, 0) is 12.1 Å². The minimum atomic E-state index is 0.304. The first-order chi connectivity index (χ1) is 10.3. The molecule has 21 heavy (non-hydrogen) atoms. The second-order valence-corrected chi connectivity index (χ2v) is 6.30. The van der Waals surface area contributed by atoms with Crippen LogP contribution in [0.15, 0.2) is 36.1 Å². The van der Waals surface area contributed by atoms with Gasteiger partial charge >= 0.3 is 0 Å². The van der Waals surface area contributed by atoms with Crippen LogP contribution in [-0.4, -0.2) is 38.6 Å². The summed E-state index contributed by atoms with van der Waals surface area (Å²) in [7, 11) is 2.09. The Bertz CT molecular complexity index is 715. The fourth-order valence-electron chi connectivity index (χ4n) is 2.98. The Hall–Kier alpha value is -1.63. The number of hydrogen-bond acceptors (Lipinski definition) is 4. The molecule has 0 aliphatic carbocycles. The van der Waals surface area contributed by atoms with Crippen molar-refractivity contribution in [3.05, 3.63) is 47.5 Å². The molecule has 1 aliphatic heterocycles. The number of nitrogens with zero attached hydrogens (tertiary/aromatic N) is 4. The van der Waals surface area contributed by atoms with E-state index in [2.05, 4.69) is 57.0 Å². The van der Waals surface area contributed by atoms with Crippen molar-refractivity contribution < 1.29 is 4.74 Å². The summed E-state index contributed by atoms with van der Waals surface area (Å²) in [5.41, 5.74) is 2.43. The highest BCUT2D eigenvalue weighted by atomic mass is 32.1. The SMILES string of the molecule is Cn1cccc1[C@H]1COCCN1Cc1cn2ccsc2n1. The van der Waals surface area contributed by atoms with Gasteiger partial charge in [-0.2, -0.15) is 0 Å². The topological polar surface area (TPSA) is 34.7 Å². The van der Waals surface area contributed by atoms with Crippen molar-refractivity contribution in [1.82, 2.24) is 18.9 Å². The van der Waals surface area contributed by atoms with E-state index in [0.717, 1.165) is 37.0 Å². The van der Waals surface area contributed by atoms with E-state index in [0.29, 0.717) is 6.04 Å². The van der Waals surface area contributed by atoms with E-state index in [9.17, 15) is 0 Å². The van der Waals surface area contributed by atoms with Crippen molar-refractivity contribution in [3.63, 3.8) is 0 Å². The summed E-state index contributed by atoms with van der Waals surface area (Å²) in [4.78, 5) is 8.22. The number of aryl methyl sites for hydroxylation is 1. The first-order valence-corrected chi connectivity index (χ1v) is 8.03. The summed E-state index contributed by atoms with van der Waals surface area (Å²) in [6, 6.07) is 4.57. The molecule has 1 fully saturated rings. The second-order valence-electron chi connectivity index (χ2n) is 5.43. The lowest BCUT2D eigenvalue weighted by Gasteiger charge is -2.35. The van der Waals surface area contributed by atoms with E-state index in [1.54, 1.807) is 11.3 Å². The van der Waals surface area contributed by atoms with Gasteiger partial charge in [0.15, 0.2) is 4.96 Å². The van der Waals surface area contributed by atoms with E-state index in [4.69, 9.17) is 9.72 Å². The van der Waals surface area contributed by atoms with Gasteiger partial charge in [-0.15, -0.1) is 11.3 Å². The first kappa shape index (κ1) is 13.1. The maximum atomic E-state index is 5.69. The molecule has 5 nitrogen and oxygen atoms in total. The molecule has 110 valence electrons. The quantitative estimate of drug-likeness (QED) is 0.744. The molecule has 4 heterocycles. The first-order valence-electron chi connectivity index (χ1n) is 7.15. The Balaban J connectivity index is 1.59. The number of imidazole rings is 1. The monoisotopic (exact) mass is 302 g/mol. The van der Waals surface area contributed by atoms with Crippen molar-refractivity contribution in [1.29, 1.82) is 0 Å². The van der Waals surface area contributed by atoms with Crippen LogP contribution in [0.1, 0.15) is 17.4 Å². The van der Waals surface area contributed by atoms with Crippen LogP contribution in [0.4, 0.5) is 0 Å². The van der Waals surface area contributed by atoms with E-state index < -0.39 is 0 Å². The standard InChI is InChI=1S/C15H18N4OS/c1-17-4-2-3-13(17)14-11-20-7-5-18(14)9-12-10-19-6-8-21-15(19)16-12/h2-4,6,8,10,14H,5,7,9,11H2,1H3/t14-/m1/s1. The Morgan fingerprint density at radius 3 is 3.19 bits per heavy atom. The van der Waals surface area contributed by atoms with Gasteiger partial charge in [-0.25, -0.2) is 4.98 Å². The van der Waals surface area contributed by atoms with Gasteiger partial charge in [-0.1, -0.05) is 0 Å². The van der Waals surface area contributed by atoms with Gasteiger partial charge in [0.05, 0.1) is 24.9 Å². The van der Waals surface area contributed by atoms with Gasteiger partial charge in [0.1, 0.15) is 0 Å². The van der Waals surface area contributed by atoms with Crippen molar-refractivity contribution in [2.45, 2.75) is 12.6 Å². The van der Waals surface area contributed by atoms with Crippen LogP contribution >= 0.6 is 11.3 Å². The minimum Gasteiger partial charge on any atom is -0.378 e. The van der Waals surface area contributed by atoms with E-state index >= 15 is 0 Å². The molecule has 1 saturated heterocycles. The minimum absolute atomic E-state index is 0.304. The van der Waals surface area contributed by atoms with Gasteiger partial charge in [-0.3, -0.25) is 9.30 Å². The molecule has 0 saturated carbocycles. The maximum Gasteiger partial charge on any atom is 0.193 e. The Morgan fingerprint density at radius 2 is 2.38 bits per heavy atom. The van der Waals surface area contributed by atoms with Gasteiger partial charge in [0, 0.05) is 49.8 Å². The third-order valence-electron chi connectivity index (χ3n) is 4.07. The van der Waals surface area contributed by atoms with E-state index in [-0.39, 0.29) is 0 Å². The number of morpholine rings is 1. The summed E-state index contributed by atoms with van der Waals surface area (Å²) in [6.07, 6.45) is 6.28. The summed E-state index contributed by atoms with van der Waals surface area (Å²) < 4.78 is 9.97. The highest BCUT2D eigenvalue weighted by molar-refractivity contribution is 7.15. The van der Waals surface area contributed by atoms with Crippen molar-refractivity contribution >= 4 is 16.3 Å². The van der Waals surface area contributed by atoms with Gasteiger partial charge < -0.3 is 9.30 Å². The summed E-state index contributed by atoms with van der Waals surface area (Å²) in [5.74, 6) is 0. The lowest BCUT2D eigenvalue weighted by Crippen LogP contribution is -2.39. The zero-order valence-corrected chi connectivity index (χ0v) is 12.8. The molecule has 6 heteroatoms. The third kappa shape index (κ3) is 2.39. The van der Waals surface area contributed by atoms with Crippen LogP contribution in [-0.2, 0) is 18.3 Å². The van der Waals surface area contributed by atoms with Crippen molar-refractivity contribution in [2.24, 2.45) is 7.05 Å². The van der Waals surface area contributed by atoms with Crippen LogP contribution in [0.25, 0.3) is 4.96 Å². The van der Waals surface area contributed by atoms with Crippen LogP contribution in [0.5, 0.6) is 0 Å². The molecular formula is C15H18N4OS. The molecule has 3 aromatic heterocycles. The molecule has 0 bridgehead atoms. The van der Waals surface area contributed by atoms with Gasteiger partial charge in [0.25, 0.3) is 0 Å². The molecule has 0 N–H and O–H groups in total. The van der Waals surface area contributed by atoms with E-state index in [1.165, 1.54) is 5.69 Å². The van der Waals surface area contributed by atoms with Crippen LogP contribution in [0.3, 0.4) is 0 Å². The van der Waals surface area contributed by atoms with Crippen LogP contribution < -0.4 is 0 Å². The molecular weight excluding hydrogens is 284 g/mol. The third-order valence-corrected chi connectivity index (χ3v) is 4.84. The largest absolute Gasteiger partial charge is 0.378 e. The molecule has 1 atom stereocenters. The molecule has 0 radical (unpaired) electrons.